The second-order valence-electron chi connectivity index (χ2n) is 7.01. The molecule has 0 bridgehead atoms. The van der Waals surface area contributed by atoms with Crippen molar-refractivity contribution in [2.24, 2.45) is 10.7 Å². The Hall–Kier alpha value is -1.38. The van der Waals surface area contributed by atoms with Crippen LogP contribution in [-0.4, -0.2) is 67.1 Å². The topological polar surface area (TPSA) is 76.2 Å². The van der Waals surface area contributed by atoms with Crippen LogP contribution in [0.5, 0.6) is 0 Å². The van der Waals surface area contributed by atoms with Gasteiger partial charge in [-0.1, -0.05) is 6.42 Å². The normalized spacial score (nSPS) is 27.2. The molecule has 25 heavy (non-hydrogen) atoms. The summed E-state index contributed by atoms with van der Waals surface area (Å²) >= 11 is 1.68. The summed E-state index contributed by atoms with van der Waals surface area (Å²) in [6.45, 7) is 4.82. The van der Waals surface area contributed by atoms with E-state index in [4.69, 9.17) is 15.2 Å². The minimum Gasteiger partial charge on any atom is -0.370 e. The molecule has 4 rings (SSSR count). The number of aromatic nitrogens is 1. The van der Waals surface area contributed by atoms with Crippen molar-refractivity contribution in [2.75, 3.05) is 44.2 Å². The fourth-order valence-electron chi connectivity index (χ4n) is 3.85. The van der Waals surface area contributed by atoms with Crippen molar-refractivity contribution in [3.63, 3.8) is 0 Å². The van der Waals surface area contributed by atoms with E-state index in [1.807, 2.05) is 11.6 Å². The summed E-state index contributed by atoms with van der Waals surface area (Å²) in [4.78, 5) is 13.4. The van der Waals surface area contributed by atoms with Crippen LogP contribution in [0.1, 0.15) is 32.1 Å². The molecule has 8 heteroatoms. The number of anilines is 1. The molecule has 0 amide bonds. The number of hydrogen-bond acceptors (Lipinski definition) is 6. The minimum atomic E-state index is -0.327. The van der Waals surface area contributed by atoms with Crippen molar-refractivity contribution in [3.8, 4) is 0 Å². The second kappa shape index (κ2) is 7.47. The van der Waals surface area contributed by atoms with Gasteiger partial charge in [0.1, 0.15) is 6.10 Å². The fourth-order valence-corrected chi connectivity index (χ4v) is 4.55. The molecule has 0 aromatic carbocycles. The first-order valence-corrected chi connectivity index (χ1v) is 10.1. The third-order valence-electron chi connectivity index (χ3n) is 5.28. The van der Waals surface area contributed by atoms with Gasteiger partial charge in [-0.25, -0.2) is 4.98 Å². The van der Waals surface area contributed by atoms with E-state index in [1.54, 1.807) is 11.3 Å². The van der Waals surface area contributed by atoms with E-state index in [1.165, 1.54) is 19.3 Å². The summed E-state index contributed by atoms with van der Waals surface area (Å²) in [6.07, 6.45) is 7.60. The lowest BCUT2D eigenvalue weighted by molar-refractivity contribution is -0.186. The van der Waals surface area contributed by atoms with Gasteiger partial charge in [0.15, 0.2) is 16.9 Å². The minimum absolute atomic E-state index is 0.0354. The van der Waals surface area contributed by atoms with Crippen LogP contribution < -0.4 is 10.6 Å². The molecule has 1 saturated carbocycles. The number of aliphatic imine (C=N–C) groups is 1. The maximum Gasteiger partial charge on any atom is 0.191 e. The second-order valence-corrected chi connectivity index (χ2v) is 7.88. The Labute approximate surface area is 152 Å². The number of nitrogens with two attached hydrogens (primary N) is 1. The summed E-state index contributed by atoms with van der Waals surface area (Å²) in [7, 11) is 0. The molecule has 1 aromatic heterocycles. The van der Waals surface area contributed by atoms with Crippen molar-refractivity contribution >= 4 is 22.4 Å². The third-order valence-corrected chi connectivity index (χ3v) is 6.11. The van der Waals surface area contributed by atoms with Crippen molar-refractivity contribution in [1.29, 1.82) is 0 Å². The molecule has 3 fully saturated rings. The van der Waals surface area contributed by atoms with Crippen molar-refractivity contribution in [3.05, 3.63) is 11.6 Å². The molecule has 1 unspecified atom stereocenters. The van der Waals surface area contributed by atoms with E-state index in [0.29, 0.717) is 19.1 Å². The molecule has 2 saturated heterocycles. The van der Waals surface area contributed by atoms with Gasteiger partial charge in [-0.05, 0) is 12.8 Å². The van der Waals surface area contributed by atoms with Crippen LogP contribution in [0.15, 0.2) is 16.6 Å². The van der Waals surface area contributed by atoms with Gasteiger partial charge in [0.25, 0.3) is 0 Å². The predicted octanol–water partition coefficient (Wildman–Crippen LogP) is 1.66. The zero-order chi connectivity index (χ0) is 17.1. The van der Waals surface area contributed by atoms with E-state index < -0.39 is 0 Å². The number of piperazine rings is 1. The summed E-state index contributed by atoms with van der Waals surface area (Å²) in [5, 5.41) is 3.10. The highest BCUT2D eigenvalue weighted by Crippen LogP contribution is 2.37. The molecule has 7 nitrogen and oxygen atoms in total. The molecule has 138 valence electrons. The van der Waals surface area contributed by atoms with E-state index in [9.17, 15) is 0 Å². The SMILES string of the molecule is NC(=NCC1COC2(CCCCC2)O1)N1CCN(c2nccs2)CC1. The summed E-state index contributed by atoms with van der Waals surface area (Å²) < 4.78 is 12.1. The number of thiazole rings is 1. The van der Waals surface area contributed by atoms with E-state index in [0.717, 1.165) is 44.2 Å². The average molecular weight is 366 g/mol. The maximum atomic E-state index is 6.21. The van der Waals surface area contributed by atoms with Crippen LogP contribution in [0.25, 0.3) is 0 Å². The molecule has 1 atom stereocenters. The van der Waals surface area contributed by atoms with Crippen LogP contribution in [0.4, 0.5) is 5.13 Å². The Morgan fingerprint density at radius 3 is 2.80 bits per heavy atom. The smallest absolute Gasteiger partial charge is 0.191 e. The Bertz CT molecular complexity index is 580. The van der Waals surface area contributed by atoms with E-state index in [2.05, 4.69) is 19.8 Å². The first kappa shape index (κ1) is 17.1. The number of guanidine groups is 1. The van der Waals surface area contributed by atoms with Gasteiger partial charge in [-0.15, -0.1) is 11.3 Å². The highest BCUT2D eigenvalue weighted by atomic mass is 32.1. The molecule has 2 N–H and O–H groups in total. The van der Waals surface area contributed by atoms with Gasteiger partial charge in [0.2, 0.25) is 0 Å². The molecule has 2 aliphatic heterocycles. The third kappa shape index (κ3) is 3.91. The van der Waals surface area contributed by atoms with Gasteiger partial charge in [0, 0.05) is 50.6 Å². The number of ether oxygens (including phenoxy) is 2. The lowest BCUT2D eigenvalue weighted by atomic mass is 9.94. The lowest BCUT2D eigenvalue weighted by Gasteiger charge is -2.35. The summed E-state index contributed by atoms with van der Waals surface area (Å²) in [5.41, 5.74) is 6.21. The van der Waals surface area contributed by atoms with E-state index >= 15 is 0 Å². The van der Waals surface area contributed by atoms with Crippen LogP contribution in [-0.2, 0) is 9.47 Å². The standard InChI is InChI=1S/C17H27N5O2S/c18-15(21-7-9-22(10-8-21)16-19-6-11-25-16)20-12-14-13-23-17(24-14)4-2-1-3-5-17/h6,11,14H,1-5,7-10,12-13H2,(H2,18,20). The molecule has 3 heterocycles. The number of hydrogen-bond donors (Lipinski definition) is 1. The van der Waals surface area contributed by atoms with E-state index in [-0.39, 0.29) is 11.9 Å². The molecular weight excluding hydrogens is 338 g/mol. The number of nitrogens with zero attached hydrogens (tertiary/aromatic N) is 4. The monoisotopic (exact) mass is 365 g/mol. The Kier molecular flexibility index (Phi) is 5.10. The van der Waals surface area contributed by atoms with Crippen molar-refractivity contribution < 1.29 is 9.47 Å². The molecule has 3 aliphatic rings. The zero-order valence-corrected chi connectivity index (χ0v) is 15.4. The van der Waals surface area contributed by atoms with Crippen LogP contribution in [0.3, 0.4) is 0 Å². The van der Waals surface area contributed by atoms with Crippen molar-refractivity contribution in [2.45, 2.75) is 44.0 Å². The summed E-state index contributed by atoms with van der Waals surface area (Å²) in [5.74, 6) is 0.291. The number of rotatable bonds is 3. The Balaban J connectivity index is 1.25. The maximum absolute atomic E-state index is 6.21. The molecule has 1 aromatic rings. The first-order chi connectivity index (χ1) is 12.2. The van der Waals surface area contributed by atoms with Gasteiger partial charge in [-0.3, -0.25) is 4.99 Å². The van der Waals surface area contributed by atoms with Crippen LogP contribution >= 0.6 is 11.3 Å². The summed E-state index contributed by atoms with van der Waals surface area (Å²) in [6, 6.07) is 0. The molecule has 1 aliphatic carbocycles. The fraction of sp³-hybridized carbons (Fsp3) is 0.765. The zero-order valence-electron chi connectivity index (χ0n) is 14.6. The average Bonchev–Trinajstić information content (AvgIpc) is 3.31. The molecule has 0 radical (unpaired) electrons. The quantitative estimate of drug-likeness (QED) is 0.648. The Morgan fingerprint density at radius 2 is 2.08 bits per heavy atom. The first-order valence-electron chi connectivity index (χ1n) is 9.25. The van der Waals surface area contributed by atoms with Crippen molar-refractivity contribution in [1.82, 2.24) is 9.88 Å². The highest BCUT2D eigenvalue weighted by Gasteiger charge is 2.42. The lowest BCUT2D eigenvalue weighted by Crippen LogP contribution is -2.51. The highest BCUT2D eigenvalue weighted by molar-refractivity contribution is 7.13. The van der Waals surface area contributed by atoms with Crippen LogP contribution in [0.2, 0.25) is 0 Å². The molecule has 1 spiro atoms. The van der Waals surface area contributed by atoms with Gasteiger partial charge < -0.3 is 25.0 Å². The van der Waals surface area contributed by atoms with Crippen LogP contribution in [0, 0.1) is 0 Å². The van der Waals surface area contributed by atoms with Gasteiger partial charge in [-0.2, -0.15) is 0 Å². The Morgan fingerprint density at radius 1 is 1.28 bits per heavy atom. The largest absolute Gasteiger partial charge is 0.370 e. The van der Waals surface area contributed by atoms with Gasteiger partial charge in [0.05, 0.1) is 13.2 Å². The predicted molar refractivity (Wildman–Crippen MR) is 99.0 cm³/mol. The van der Waals surface area contributed by atoms with Gasteiger partial charge >= 0.3 is 0 Å². The molecular formula is C17H27N5O2S.